The number of pyridine rings is 1. The molecule has 5 rings (SSSR count). The molecule has 2 aliphatic rings. The van der Waals surface area contributed by atoms with Crippen LogP contribution in [0.2, 0.25) is 0 Å². The summed E-state index contributed by atoms with van der Waals surface area (Å²) in [6.45, 7) is 2.64. The van der Waals surface area contributed by atoms with Gasteiger partial charge in [0.15, 0.2) is 0 Å². The van der Waals surface area contributed by atoms with Gasteiger partial charge in [0.2, 0.25) is 0 Å². The SMILES string of the molecule is COc1ccccc1[C@H](CNC(=O)c1cc(C2CC2)nc2ccccc12)N1CCCC1. The molecule has 160 valence electrons. The molecule has 31 heavy (non-hydrogen) atoms. The summed E-state index contributed by atoms with van der Waals surface area (Å²) in [6, 6.07) is 18.2. The van der Waals surface area contributed by atoms with Crippen LogP contribution in [-0.2, 0) is 0 Å². The number of benzene rings is 2. The van der Waals surface area contributed by atoms with E-state index in [-0.39, 0.29) is 11.9 Å². The first-order chi connectivity index (χ1) is 15.2. The lowest BCUT2D eigenvalue weighted by molar-refractivity contribution is 0.0939. The van der Waals surface area contributed by atoms with E-state index in [0.717, 1.165) is 59.4 Å². The number of hydrogen-bond donors (Lipinski definition) is 1. The summed E-state index contributed by atoms with van der Waals surface area (Å²) in [5.74, 6) is 1.35. The Kier molecular flexibility index (Phi) is 5.60. The zero-order valence-electron chi connectivity index (χ0n) is 18.0. The number of hydrogen-bond acceptors (Lipinski definition) is 4. The molecule has 2 aromatic carbocycles. The molecule has 1 N–H and O–H groups in total. The smallest absolute Gasteiger partial charge is 0.252 e. The molecular formula is C26H29N3O2. The van der Waals surface area contributed by atoms with Crippen LogP contribution < -0.4 is 10.1 Å². The second-order valence-corrected chi connectivity index (χ2v) is 8.60. The van der Waals surface area contributed by atoms with E-state index < -0.39 is 0 Å². The number of fused-ring (bicyclic) bond motifs is 1. The van der Waals surface area contributed by atoms with E-state index in [2.05, 4.69) is 16.3 Å². The molecule has 0 bridgehead atoms. The third kappa shape index (κ3) is 4.15. The molecule has 1 atom stereocenters. The summed E-state index contributed by atoms with van der Waals surface area (Å²) in [4.78, 5) is 20.6. The zero-order valence-corrected chi connectivity index (χ0v) is 18.0. The number of methoxy groups -OCH3 is 1. The molecule has 2 fully saturated rings. The minimum Gasteiger partial charge on any atom is -0.496 e. The van der Waals surface area contributed by atoms with E-state index in [4.69, 9.17) is 9.72 Å². The van der Waals surface area contributed by atoms with Gasteiger partial charge >= 0.3 is 0 Å². The maximum atomic E-state index is 13.4. The van der Waals surface area contributed by atoms with Crippen molar-refractivity contribution in [2.75, 3.05) is 26.7 Å². The normalized spacial score (nSPS) is 17.6. The summed E-state index contributed by atoms with van der Waals surface area (Å²) in [7, 11) is 1.71. The lowest BCUT2D eigenvalue weighted by atomic mass is 10.0. The van der Waals surface area contributed by atoms with Gasteiger partial charge < -0.3 is 10.1 Å². The summed E-state index contributed by atoms with van der Waals surface area (Å²) in [6.07, 6.45) is 4.72. The van der Waals surface area contributed by atoms with E-state index in [0.29, 0.717) is 12.5 Å². The predicted octanol–water partition coefficient (Wildman–Crippen LogP) is 4.69. The van der Waals surface area contributed by atoms with Crippen molar-refractivity contribution >= 4 is 16.8 Å². The fourth-order valence-electron chi connectivity index (χ4n) is 4.69. The monoisotopic (exact) mass is 415 g/mol. The van der Waals surface area contributed by atoms with Crippen molar-refractivity contribution in [2.45, 2.75) is 37.6 Å². The van der Waals surface area contributed by atoms with Crippen LogP contribution in [0, 0.1) is 0 Å². The van der Waals surface area contributed by atoms with Gasteiger partial charge in [-0.25, -0.2) is 0 Å². The van der Waals surface area contributed by atoms with Crippen LogP contribution in [0.15, 0.2) is 54.6 Å². The highest BCUT2D eigenvalue weighted by atomic mass is 16.5. The average molecular weight is 416 g/mol. The number of carbonyl (C=O) groups is 1. The second-order valence-electron chi connectivity index (χ2n) is 8.60. The molecular weight excluding hydrogens is 386 g/mol. The standard InChI is InChI=1S/C26H29N3O2/c1-31-25-11-5-3-9-20(25)24(29-14-6-7-15-29)17-27-26(30)21-16-23(18-12-13-18)28-22-10-4-2-8-19(21)22/h2-5,8-11,16,18,24H,6-7,12-15,17H2,1H3,(H,27,30)/t24-/m0/s1. The maximum absolute atomic E-state index is 13.4. The Morgan fingerprint density at radius 3 is 2.65 bits per heavy atom. The summed E-state index contributed by atoms with van der Waals surface area (Å²) < 4.78 is 5.64. The molecule has 1 saturated carbocycles. The van der Waals surface area contributed by atoms with Crippen molar-refractivity contribution in [3.05, 3.63) is 71.4 Å². The van der Waals surface area contributed by atoms with Gasteiger partial charge in [-0.1, -0.05) is 36.4 Å². The minimum absolute atomic E-state index is 0.0282. The van der Waals surface area contributed by atoms with Crippen molar-refractivity contribution in [2.24, 2.45) is 0 Å². The molecule has 0 spiro atoms. The molecule has 3 aromatic rings. The summed E-state index contributed by atoms with van der Waals surface area (Å²) in [5, 5.41) is 4.16. The number of ether oxygens (including phenoxy) is 1. The van der Waals surface area contributed by atoms with Crippen molar-refractivity contribution in [1.82, 2.24) is 15.2 Å². The fraction of sp³-hybridized carbons (Fsp3) is 0.385. The highest BCUT2D eigenvalue weighted by Gasteiger charge is 2.29. The Morgan fingerprint density at radius 1 is 1.13 bits per heavy atom. The predicted molar refractivity (Wildman–Crippen MR) is 123 cm³/mol. The van der Waals surface area contributed by atoms with Gasteiger partial charge in [0, 0.05) is 29.1 Å². The van der Waals surface area contributed by atoms with Crippen LogP contribution in [0.3, 0.4) is 0 Å². The second kappa shape index (κ2) is 8.67. The van der Waals surface area contributed by atoms with Crippen LogP contribution in [0.4, 0.5) is 0 Å². The molecule has 1 amide bonds. The van der Waals surface area contributed by atoms with Crippen LogP contribution in [0.25, 0.3) is 10.9 Å². The van der Waals surface area contributed by atoms with Gasteiger partial charge in [-0.3, -0.25) is 14.7 Å². The van der Waals surface area contributed by atoms with Gasteiger partial charge in [-0.05, 0) is 57.0 Å². The van der Waals surface area contributed by atoms with Crippen molar-refractivity contribution < 1.29 is 9.53 Å². The third-order valence-corrected chi connectivity index (χ3v) is 6.51. The highest BCUT2D eigenvalue weighted by Crippen LogP contribution is 2.40. The van der Waals surface area contributed by atoms with Crippen molar-refractivity contribution in [3.63, 3.8) is 0 Å². The molecule has 2 heterocycles. The van der Waals surface area contributed by atoms with E-state index in [9.17, 15) is 4.79 Å². The number of carbonyl (C=O) groups excluding carboxylic acids is 1. The van der Waals surface area contributed by atoms with Gasteiger partial charge in [0.25, 0.3) is 5.91 Å². The molecule has 0 unspecified atom stereocenters. The van der Waals surface area contributed by atoms with Gasteiger partial charge in [0.1, 0.15) is 5.75 Å². The molecule has 1 saturated heterocycles. The lowest BCUT2D eigenvalue weighted by Crippen LogP contribution is -2.37. The summed E-state index contributed by atoms with van der Waals surface area (Å²) >= 11 is 0. The average Bonchev–Trinajstić information content (AvgIpc) is 3.53. The maximum Gasteiger partial charge on any atom is 0.252 e. The quantitative estimate of drug-likeness (QED) is 0.608. The largest absolute Gasteiger partial charge is 0.496 e. The van der Waals surface area contributed by atoms with Crippen molar-refractivity contribution in [1.29, 1.82) is 0 Å². The van der Waals surface area contributed by atoms with E-state index in [1.165, 1.54) is 12.8 Å². The van der Waals surface area contributed by atoms with Crippen molar-refractivity contribution in [3.8, 4) is 5.75 Å². The topological polar surface area (TPSA) is 54.5 Å². The highest BCUT2D eigenvalue weighted by molar-refractivity contribution is 6.06. The first-order valence-electron chi connectivity index (χ1n) is 11.3. The number of aromatic nitrogens is 1. The van der Waals surface area contributed by atoms with Crippen LogP contribution in [0.1, 0.15) is 59.3 Å². The van der Waals surface area contributed by atoms with Gasteiger partial charge in [-0.15, -0.1) is 0 Å². The Balaban J connectivity index is 1.43. The Hall–Kier alpha value is -2.92. The Labute approximate surface area is 183 Å². The fourth-order valence-corrected chi connectivity index (χ4v) is 4.69. The molecule has 1 aliphatic carbocycles. The van der Waals surface area contributed by atoms with E-state index >= 15 is 0 Å². The summed E-state index contributed by atoms with van der Waals surface area (Å²) in [5.41, 5.74) is 3.81. The Bertz CT molecular complexity index is 1090. The first-order valence-corrected chi connectivity index (χ1v) is 11.3. The van der Waals surface area contributed by atoms with Gasteiger partial charge in [0.05, 0.1) is 24.2 Å². The van der Waals surface area contributed by atoms with E-state index in [1.54, 1.807) is 7.11 Å². The van der Waals surface area contributed by atoms with Crippen LogP contribution in [-0.4, -0.2) is 42.5 Å². The first kappa shape index (κ1) is 20.0. The lowest BCUT2D eigenvalue weighted by Gasteiger charge is -2.29. The number of likely N-dealkylation sites (tertiary alicyclic amines) is 1. The molecule has 1 aromatic heterocycles. The van der Waals surface area contributed by atoms with Crippen LogP contribution >= 0.6 is 0 Å². The molecule has 5 nitrogen and oxygen atoms in total. The molecule has 0 radical (unpaired) electrons. The number of para-hydroxylation sites is 2. The number of nitrogens with one attached hydrogen (secondary N) is 1. The van der Waals surface area contributed by atoms with Gasteiger partial charge in [-0.2, -0.15) is 0 Å². The number of amides is 1. The number of rotatable bonds is 7. The molecule has 1 aliphatic heterocycles. The molecule has 5 heteroatoms. The Morgan fingerprint density at radius 2 is 1.87 bits per heavy atom. The van der Waals surface area contributed by atoms with E-state index in [1.807, 2.05) is 48.5 Å². The number of nitrogens with zero attached hydrogens (tertiary/aromatic N) is 2. The van der Waals surface area contributed by atoms with Crippen LogP contribution in [0.5, 0.6) is 5.75 Å². The zero-order chi connectivity index (χ0) is 21.2. The third-order valence-electron chi connectivity index (χ3n) is 6.51. The minimum atomic E-state index is -0.0282.